The second-order valence-electron chi connectivity index (χ2n) is 5.03. The largest absolute Gasteiger partial charge is 0.398 e. The molecule has 0 fully saturated rings. The number of nitrogens with two attached hydrogens (primary N) is 1. The number of amides is 1. The topological polar surface area (TPSA) is 97.3 Å². The van der Waals surface area contributed by atoms with E-state index in [1.54, 1.807) is 0 Å². The number of anilines is 1. The third-order valence-corrected chi connectivity index (χ3v) is 2.51. The third kappa shape index (κ3) is 4.21. The Morgan fingerprint density at radius 2 is 2.17 bits per heavy atom. The Labute approximate surface area is 105 Å². The maximum Gasteiger partial charge on any atom is 0.251 e. The normalized spacial score (nSPS) is 11.3. The van der Waals surface area contributed by atoms with Gasteiger partial charge in [-0.25, -0.2) is 0 Å². The summed E-state index contributed by atoms with van der Waals surface area (Å²) in [7, 11) is 0. The zero-order valence-electron chi connectivity index (χ0n) is 10.6. The van der Waals surface area contributed by atoms with E-state index in [4.69, 9.17) is 10.8 Å². The second-order valence-corrected chi connectivity index (χ2v) is 5.03. The maximum absolute atomic E-state index is 11.6. The SMILES string of the molecule is CC(C)(CO)CNC(=O)Cn1cc(N)ccc1=O. The Morgan fingerprint density at radius 3 is 2.78 bits per heavy atom. The summed E-state index contributed by atoms with van der Waals surface area (Å²) in [4.78, 5) is 23.1. The van der Waals surface area contributed by atoms with E-state index < -0.39 is 0 Å². The number of aliphatic hydroxyl groups is 1. The number of hydrogen-bond donors (Lipinski definition) is 3. The predicted molar refractivity (Wildman–Crippen MR) is 69.0 cm³/mol. The Balaban J connectivity index is 2.60. The minimum absolute atomic E-state index is 0.0223. The summed E-state index contributed by atoms with van der Waals surface area (Å²) in [6.07, 6.45) is 1.43. The van der Waals surface area contributed by atoms with Crippen LogP contribution in [0, 0.1) is 5.41 Å². The number of pyridine rings is 1. The van der Waals surface area contributed by atoms with Gasteiger partial charge in [0.25, 0.3) is 5.56 Å². The van der Waals surface area contributed by atoms with Crippen molar-refractivity contribution in [2.24, 2.45) is 5.41 Å². The average molecular weight is 253 g/mol. The quantitative estimate of drug-likeness (QED) is 0.663. The van der Waals surface area contributed by atoms with Crippen LogP contribution in [0.15, 0.2) is 23.1 Å². The molecule has 6 nitrogen and oxygen atoms in total. The molecule has 1 aromatic rings. The molecule has 0 aliphatic carbocycles. The van der Waals surface area contributed by atoms with E-state index in [0.717, 1.165) is 0 Å². The number of aromatic nitrogens is 1. The van der Waals surface area contributed by atoms with Crippen molar-refractivity contribution in [3.63, 3.8) is 0 Å². The minimum Gasteiger partial charge on any atom is -0.398 e. The van der Waals surface area contributed by atoms with Gasteiger partial charge in [-0.15, -0.1) is 0 Å². The van der Waals surface area contributed by atoms with Crippen LogP contribution in [0.3, 0.4) is 0 Å². The molecule has 18 heavy (non-hydrogen) atoms. The standard InChI is InChI=1S/C12H19N3O3/c1-12(2,8-16)7-14-10(17)6-15-5-9(13)3-4-11(15)18/h3-5,16H,6-8,13H2,1-2H3,(H,14,17). The summed E-state index contributed by atoms with van der Waals surface area (Å²) < 4.78 is 1.25. The molecule has 0 spiro atoms. The molecule has 0 bridgehead atoms. The van der Waals surface area contributed by atoms with Crippen molar-refractivity contribution >= 4 is 11.6 Å². The number of rotatable bonds is 5. The highest BCUT2D eigenvalue weighted by Gasteiger charge is 2.17. The van der Waals surface area contributed by atoms with E-state index in [-0.39, 0.29) is 30.0 Å². The van der Waals surface area contributed by atoms with E-state index in [1.807, 2.05) is 13.8 Å². The molecule has 0 saturated carbocycles. The second kappa shape index (κ2) is 5.68. The number of aliphatic hydroxyl groups excluding tert-OH is 1. The van der Waals surface area contributed by atoms with Crippen molar-refractivity contribution in [1.29, 1.82) is 0 Å². The van der Waals surface area contributed by atoms with Crippen molar-refractivity contribution in [3.05, 3.63) is 28.7 Å². The minimum atomic E-state index is -0.379. The molecule has 6 heteroatoms. The lowest BCUT2D eigenvalue weighted by Gasteiger charge is -2.21. The first-order valence-corrected chi connectivity index (χ1v) is 5.67. The molecule has 0 radical (unpaired) electrons. The van der Waals surface area contributed by atoms with E-state index in [9.17, 15) is 9.59 Å². The molecule has 0 aromatic carbocycles. The number of nitrogen functional groups attached to an aromatic ring is 1. The van der Waals surface area contributed by atoms with Crippen LogP contribution in [-0.4, -0.2) is 28.7 Å². The van der Waals surface area contributed by atoms with Crippen LogP contribution in [0.5, 0.6) is 0 Å². The Bertz CT molecular complexity index is 480. The van der Waals surface area contributed by atoms with Crippen LogP contribution in [-0.2, 0) is 11.3 Å². The van der Waals surface area contributed by atoms with Gasteiger partial charge in [0, 0.05) is 36.5 Å². The van der Waals surface area contributed by atoms with Crippen molar-refractivity contribution < 1.29 is 9.90 Å². The third-order valence-electron chi connectivity index (χ3n) is 2.51. The zero-order chi connectivity index (χ0) is 13.8. The average Bonchev–Trinajstić information content (AvgIpc) is 2.31. The Hall–Kier alpha value is -1.82. The monoisotopic (exact) mass is 253 g/mol. The number of nitrogens with zero attached hydrogens (tertiary/aromatic N) is 1. The van der Waals surface area contributed by atoms with Crippen molar-refractivity contribution in [3.8, 4) is 0 Å². The van der Waals surface area contributed by atoms with Gasteiger partial charge in [0.15, 0.2) is 0 Å². The highest BCUT2D eigenvalue weighted by molar-refractivity contribution is 5.75. The lowest BCUT2D eigenvalue weighted by Crippen LogP contribution is -2.39. The highest BCUT2D eigenvalue weighted by Crippen LogP contribution is 2.10. The van der Waals surface area contributed by atoms with Crippen LogP contribution in [0.4, 0.5) is 5.69 Å². The molecular weight excluding hydrogens is 234 g/mol. The summed E-state index contributed by atoms with van der Waals surface area (Å²) >= 11 is 0. The Morgan fingerprint density at radius 1 is 1.50 bits per heavy atom. The number of nitrogens with one attached hydrogen (secondary N) is 1. The number of carbonyl (C=O) groups excluding carboxylic acids is 1. The molecule has 1 heterocycles. The molecular formula is C12H19N3O3. The molecule has 1 amide bonds. The zero-order valence-corrected chi connectivity index (χ0v) is 10.6. The maximum atomic E-state index is 11.6. The molecule has 0 aliphatic rings. The summed E-state index contributed by atoms with van der Waals surface area (Å²) in [5, 5.41) is 11.7. The molecule has 0 atom stereocenters. The summed E-state index contributed by atoms with van der Waals surface area (Å²) in [6.45, 7) is 3.91. The van der Waals surface area contributed by atoms with Crippen LogP contribution >= 0.6 is 0 Å². The molecule has 100 valence electrons. The Kier molecular flexibility index (Phi) is 4.49. The lowest BCUT2D eigenvalue weighted by molar-refractivity contribution is -0.122. The molecule has 0 saturated heterocycles. The molecule has 1 rings (SSSR count). The van der Waals surface area contributed by atoms with Crippen LogP contribution in [0.25, 0.3) is 0 Å². The van der Waals surface area contributed by atoms with E-state index in [1.165, 1.54) is 22.9 Å². The van der Waals surface area contributed by atoms with E-state index in [2.05, 4.69) is 5.32 Å². The van der Waals surface area contributed by atoms with Crippen LogP contribution in [0.1, 0.15) is 13.8 Å². The van der Waals surface area contributed by atoms with Crippen LogP contribution < -0.4 is 16.6 Å². The van der Waals surface area contributed by atoms with Gasteiger partial charge < -0.3 is 20.7 Å². The molecule has 0 aliphatic heterocycles. The molecule has 0 unspecified atom stereocenters. The van der Waals surface area contributed by atoms with Gasteiger partial charge in [-0.3, -0.25) is 9.59 Å². The summed E-state index contributed by atoms with van der Waals surface area (Å²) in [6, 6.07) is 2.81. The van der Waals surface area contributed by atoms with Gasteiger partial charge in [0.05, 0.1) is 0 Å². The fourth-order valence-corrected chi connectivity index (χ4v) is 1.28. The van der Waals surface area contributed by atoms with Crippen molar-refractivity contribution in [2.45, 2.75) is 20.4 Å². The molecule has 4 N–H and O–H groups in total. The van der Waals surface area contributed by atoms with Gasteiger partial charge in [0.1, 0.15) is 6.54 Å². The summed E-state index contributed by atoms with van der Waals surface area (Å²) in [5.74, 6) is -0.288. The first kappa shape index (κ1) is 14.2. The van der Waals surface area contributed by atoms with Gasteiger partial charge in [0.2, 0.25) is 5.91 Å². The van der Waals surface area contributed by atoms with E-state index in [0.29, 0.717) is 12.2 Å². The number of carbonyl (C=O) groups is 1. The molecule has 1 aromatic heterocycles. The predicted octanol–water partition coefficient (Wildman–Crippen LogP) is -0.435. The van der Waals surface area contributed by atoms with Gasteiger partial charge in [-0.2, -0.15) is 0 Å². The van der Waals surface area contributed by atoms with Gasteiger partial charge >= 0.3 is 0 Å². The lowest BCUT2D eigenvalue weighted by atomic mass is 9.95. The first-order valence-electron chi connectivity index (χ1n) is 5.67. The fraction of sp³-hybridized carbons (Fsp3) is 0.500. The van der Waals surface area contributed by atoms with Crippen molar-refractivity contribution in [2.75, 3.05) is 18.9 Å². The van der Waals surface area contributed by atoms with Crippen molar-refractivity contribution in [1.82, 2.24) is 9.88 Å². The first-order chi connectivity index (χ1) is 8.34. The van der Waals surface area contributed by atoms with E-state index >= 15 is 0 Å². The fourth-order valence-electron chi connectivity index (χ4n) is 1.28. The van der Waals surface area contributed by atoms with Crippen LogP contribution in [0.2, 0.25) is 0 Å². The van der Waals surface area contributed by atoms with Gasteiger partial charge in [-0.1, -0.05) is 13.8 Å². The van der Waals surface area contributed by atoms with Gasteiger partial charge in [-0.05, 0) is 6.07 Å². The smallest absolute Gasteiger partial charge is 0.251 e. The summed E-state index contributed by atoms with van der Waals surface area (Å²) in [5.41, 5.74) is 5.32. The highest BCUT2D eigenvalue weighted by atomic mass is 16.3. The number of hydrogen-bond acceptors (Lipinski definition) is 4.